The quantitative estimate of drug-likeness (QED) is 0.595. The van der Waals surface area contributed by atoms with Crippen molar-refractivity contribution in [1.82, 2.24) is 24.9 Å². The van der Waals surface area contributed by atoms with Gasteiger partial charge in [0.05, 0.1) is 26.2 Å². The Morgan fingerprint density at radius 2 is 2.19 bits per heavy atom. The lowest BCUT2D eigenvalue weighted by molar-refractivity contribution is 0.0942. The van der Waals surface area contributed by atoms with Crippen LogP contribution in [0.5, 0.6) is 0 Å². The number of carbonyl (C=O) groups is 1. The SMILES string of the molecule is Cc1nn(CCCNC(=O)c2c(I)cnn2C)c(C)c1Cl. The summed E-state index contributed by atoms with van der Waals surface area (Å²) in [5.74, 6) is -0.106. The van der Waals surface area contributed by atoms with E-state index in [0.717, 1.165) is 27.9 Å². The summed E-state index contributed by atoms with van der Waals surface area (Å²) in [5, 5.41) is 12.0. The molecular formula is C13H17ClIN5O. The lowest BCUT2D eigenvalue weighted by atomic mass is 10.3. The van der Waals surface area contributed by atoms with Crippen LogP contribution in [-0.4, -0.2) is 32.0 Å². The number of hydrogen-bond acceptors (Lipinski definition) is 3. The van der Waals surface area contributed by atoms with E-state index in [9.17, 15) is 4.79 Å². The first-order valence-electron chi connectivity index (χ1n) is 6.57. The topological polar surface area (TPSA) is 64.7 Å². The smallest absolute Gasteiger partial charge is 0.270 e. The molecule has 0 saturated carbocycles. The van der Waals surface area contributed by atoms with Gasteiger partial charge in [0, 0.05) is 20.1 Å². The maximum absolute atomic E-state index is 12.1. The molecule has 0 atom stereocenters. The Hall–Kier alpha value is -1.09. The molecule has 0 saturated heterocycles. The zero-order valence-electron chi connectivity index (χ0n) is 12.2. The van der Waals surface area contributed by atoms with Crippen LogP contribution in [0.15, 0.2) is 6.20 Å². The van der Waals surface area contributed by atoms with Gasteiger partial charge in [-0.05, 0) is 42.9 Å². The number of nitrogens with zero attached hydrogens (tertiary/aromatic N) is 4. The molecule has 0 radical (unpaired) electrons. The summed E-state index contributed by atoms with van der Waals surface area (Å²) in [6, 6.07) is 0. The number of amides is 1. The van der Waals surface area contributed by atoms with Gasteiger partial charge < -0.3 is 5.32 Å². The number of hydrogen-bond donors (Lipinski definition) is 1. The molecule has 1 N–H and O–H groups in total. The minimum absolute atomic E-state index is 0.106. The van der Waals surface area contributed by atoms with Crippen molar-refractivity contribution in [3.8, 4) is 0 Å². The average molecular weight is 422 g/mol. The summed E-state index contributed by atoms with van der Waals surface area (Å²) in [5.41, 5.74) is 2.38. The molecule has 21 heavy (non-hydrogen) atoms. The molecule has 0 fully saturated rings. The molecular weight excluding hydrogens is 405 g/mol. The second kappa shape index (κ2) is 6.78. The first-order chi connectivity index (χ1) is 9.91. The van der Waals surface area contributed by atoms with Gasteiger partial charge in [0.15, 0.2) is 0 Å². The van der Waals surface area contributed by atoms with Crippen molar-refractivity contribution in [1.29, 1.82) is 0 Å². The standard InChI is InChI=1S/C13H17ClIN5O/c1-8-11(14)9(2)20(18-8)6-4-5-16-13(21)12-10(15)7-17-19(12)3/h7H,4-6H2,1-3H3,(H,16,21). The number of rotatable bonds is 5. The molecule has 2 aromatic heterocycles. The van der Waals surface area contributed by atoms with Gasteiger partial charge >= 0.3 is 0 Å². The number of carbonyl (C=O) groups excluding carboxylic acids is 1. The van der Waals surface area contributed by atoms with E-state index in [0.29, 0.717) is 17.3 Å². The molecule has 0 aliphatic rings. The fourth-order valence-electron chi connectivity index (χ4n) is 2.07. The molecule has 0 aliphatic heterocycles. The Morgan fingerprint density at radius 1 is 1.48 bits per heavy atom. The minimum atomic E-state index is -0.106. The third-order valence-electron chi connectivity index (χ3n) is 3.23. The number of aromatic nitrogens is 4. The molecule has 0 unspecified atom stereocenters. The number of halogens is 2. The van der Waals surface area contributed by atoms with E-state index in [-0.39, 0.29) is 5.91 Å². The van der Waals surface area contributed by atoms with E-state index in [4.69, 9.17) is 11.6 Å². The van der Waals surface area contributed by atoms with Gasteiger partial charge in [0.1, 0.15) is 5.69 Å². The normalized spacial score (nSPS) is 10.9. The van der Waals surface area contributed by atoms with Gasteiger partial charge in [-0.3, -0.25) is 14.2 Å². The second-order valence-corrected chi connectivity index (χ2v) is 6.32. The largest absolute Gasteiger partial charge is 0.351 e. The van der Waals surface area contributed by atoms with Crippen molar-refractivity contribution in [2.24, 2.45) is 7.05 Å². The summed E-state index contributed by atoms with van der Waals surface area (Å²) in [6.45, 7) is 5.13. The lowest BCUT2D eigenvalue weighted by Crippen LogP contribution is -2.28. The van der Waals surface area contributed by atoms with Crippen molar-refractivity contribution in [2.75, 3.05) is 6.54 Å². The highest BCUT2D eigenvalue weighted by Crippen LogP contribution is 2.18. The van der Waals surface area contributed by atoms with Gasteiger partial charge in [0.2, 0.25) is 0 Å². The van der Waals surface area contributed by atoms with Crippen LogP contribution in [0.3, 0.4) is 0 Å². The van der Waals surface area contributed by atoms with Crippen molar-refractivity contribution in [2.45, 2.75) is 26.8 Å². The summed E-state index contributed by atoms with van der Waals surface area (Å²) < 4.78 is 4.30. The van der Waals surface area contributed by atoms with Crippen LogP contribution in [0.2, 0.25) is 5.02 Å². The summed E-state index contributed by atoms with van der Waals surface area (Å²) in [4.78, 5) is 12.1. The Kier molecular flexibility index (Phi) is 5.26. The van der Waals surface area contributed by atoms with Gasteiger partial charge in [-0.15, -0.1) is 0 Å². The second-order valence-electron chi connectivity index (χ2n) is 4.78. The molecule has 2 heterocycles. The third kappa shape index (κ3) is 3.57. The molecule has 8 heteroatoms. The van der Waals surface area contributed by atoms with E-state index in [1.165, 1.54) is 0 Å². The van der Waals surface area contributed by atoms with Gasteiger partial charge in [-0.25, -0.2) is 0 Å². The molecule has 1 amide bonds. The van der Waals surface area contributed by atoms with Crippen LogP contribution < -0.4 is 5.32 Å². The molecule has 0 aliphatic carbocycles. The van der Waals surface area contributed by atoms with E-state index in [1.807, 2.05) is 18.5 Å². The Bertz CT molecular complexity index is 644. The van der Waals surface area contributed by atoms with Crippen molar-refractivity contribution >= 4 is 40.1 Å². The maximum atomic E-state index is 12.1. The van der Waals surface area contributed by atoms with Crippen LogP contribution in [0.1, 0.15) is 28.3 Å². The fourth-order valence-corrected chi connectivity index (χ4v) is 2.93. The van der Waals surface area contributed by atoms with E-state index in [2.05, 4.69) is 38.1 Å². The van der Waals surface area contributed by atoms with Crippen LogP contribution in [0.25, 0.3) is 0 Å². The van der Waals surface area contributed by atoms with E-state index in [1.54, 1.807) is 17.9 Å². The van der Waals surface area contributed by atoms with Crippen molar-refractivity contribution in [3.63, 3.8) is 0 Å². The first kappa shape index (κ1) is 16.3. The highest BCUT2D eigenvalue weighted by molar-refractivity contribution is 14.1. The maximum Gasteiger partial charge on any atom is 0.270 e. The van der Waals surface area contributed by atoms with Crippen LogP contribution in [0, 0.1) is 17.4 Å². The van der Waals surface area contributed by atoms with Crippen LogP contribution in [0.4, 0.5) is 0 Å². The number of nitrogens with one attached hydrogen (secondary N) is 1. The van der Waals surface area contributed by atoms with Crippen molar-refractivity contribution < 1.29 is 4.79 Å². The van der Waals surface area contributed by atoms with Crippen LogP contribution in [-0.2, 0) is 13.6 Å². The lowest BCUT2D eigenvalue weighted by Gasteiger charge is -2.07. The molecule has 2 rings (SSSR count). The Balaban J connectivity index is 1.85. The molecule has 114 valence electrons. The van der Waals surface area contributed by atoms with E-state index < -0.39 is 0 Å². The molecule has 0 spiro atoms. The Morgan fingerprint density at radius 3 is 2.71 bits per heavy atom. The summed E-state index contributed by atoms with van der Waals surface area (Å²) in [7, 11) is 1.76. The molecule has 2 aromatic rings. The van der Waals surface area contributed by atoms with Crippen LogP contribution >= 0.6 is 34.2 Å². The zero-order valence-corrected chi connectivity index (χ0v) is 15.1. The Labute approximate surface area is 142 Å². The molecule has 0 aromatic carbocycles. The summed E-state index contributed by atoms with van der Waals surface area (Å²) in [6.07, 6.45) is 2.46. The predicted octanol–water partition coefficient (Wildman–Crippen LogP) is 2.31. The average Bonchev–Trinajstić information content (AvgIpc) is 2.90. The van der Waals surface area contributed by atoms with Crippen molar-refractivity contribution in [3.05, 3.63) is 31.9 Å². The first-order valence-corrected chi connectivity index (χ1v) is 8.02. The summed E-state index contributed by atoms with van der Waals surface area (Å²) >= 11 is 8.20. The predicted molar refractivity (Wildman–Crippen MR) is 89.6 cm³/mol. The number of aryl methyl sites for hydroxylation is 3. The highest BCUT2D eigenvalue weighted by atomic mass is 127. The molecule has 6 nitrogen and oxygen atoms in total. The monoisotopic (exact) mass is 421 g/mol. The van der Waals surface area contributed by atoms with Gasteiger partial charge in [0.25, 0.3) is 5.91 Å². The fraction of sp³-hybridized carbons (Fsp3) is 0.462. The zero-order chi connectivity index (χ0) is 15.6. The third-order valence-corrected chi connectivity index (χ3v) is 4.57. The minimum Gasteiger partial charge on any atom is -0.351 e. The highest BCUT2D eigenvalue weighted by Gasteiger charge is 2.14. The van der Waals surface area contributed by atoms with E-state index >= 15 is 0 Å². The van der Waals surface area contributed by atoms with Gasteiger partial charge in [-0.1, -0.05) is 11.6 Å². The molecule has 0 bridgehead atoms. The van der Waals surface area contributed by atoms with Gasteiger partial charge in [-0.2, -0.15) is 10.2 Å².